The molecule has 150 valence electrons. The lowest BCUT2D eigenvalue weighted by atomic mass is 10.1. The minimum Gasteiger partial charge on any atom is -0.490 e. The van der Waals surface area contributed by atoms with Gasteiger partial charge >= 0.3 is 0 Å². The quantitative estimate of drug-likeness (QED) is 0.631. The molecule has 1 saturated heterocycles. The summed E-state index contributed by atoms with van der Waals surface area (Å²) in [6, 6.07) is 14.5. The van der Waals surface area contributed by atoms with E-state index < -0.39 is 0 Å². The van der Waals surface area contributed by atoms with E-state index in [4.69, 9.17) is 16.3 Å². The van der Waals surface area contributed by atoms with Crippen molar-refractivity contribution in [1.82, 2.24) is 9.47 Å². The molecular formula is C23H24ClN3O2. The van der Waals surface area contributed by atoms with Crippen LogP contribution in [0.25, 0.3) is 10.9 Å². The molecule has 2 aliphatic rings. The molecular weight excluding hydrogens is 386 g/mol. The number of piperazine rings is 1. The Morgan fingerprint density at radius 2 is 2.00 bits per heavy atom. The highest BCUT2D eigenvalue weighted by atomic mass is 35.5. The second kappa shape index (κ2) is 6.99. The van der Waals surface area contributed by atoms with E-state index in [0.717, 1.165) is 23.2 Å². The highest BCUT2D eigenvalue weighted by Crippen LogP contribution is 2.37. The molecule has 0 N–H and O–H groups in total. The Bertz CT molecular complexity index is 1110. The number of nitrogens with zero attached hydrogens (tertiary/aromatic N) is 3. The van der Waals surface area contributed by atoms with Crippen LogP contribution in [-0.2, 0) is 6.54 Å². The van der Waals surface area contributed by atoms with E-state index >= 15 is 0 Å². The fourth-order valence-electron chi connectivity index (χ4n) is 4.58. The maximum atomic E-state index is 13.4. The van der Waals surface area contributed by atoms with Crippen LogP contribution in [0.2, 0.25) is 5.02 Å². The Balaban J connectivity index is 1.43. The monoisotopic (exact) mass is 409 g/mol. The zero-order valence-electron chi connectivity index (χ0n) is 16.7. The first-order chi connectivity index (χ1) is 14.0. The predicted molar refractivity (Wildman–Crippen MR) is 116 cm³/mol. The van der Waals surface area contributed by atoms with E-state index in [1.807, 2.05) is 23.1 Å². The van der Waals surface area contributed by atoms with Crippen molar-refractivity contribution in [1.29, 1.82) is 0 Å². The Kier molecular flexibility index (Phi) is 4.43. The van der Waals surface area contributed by atoms with E-state index in [1.54, 1.807) is 0 Å². The fourth-order valence-corrected chi connectivity index (χ4v) is 4.79. The SMILES string of the molecule is Cc1cccc(N2CCN(C(=O)c3cc4c(Cl)ccc5c4n3CCO5)C[C@H]2C)c1. The number of benzene rings is 2. The smallest absolute Gasteiger partial charge is 0.270 e. The van der Waals surface area contributed by atoms with E-state index in [2.05, 4.69) is 47.6 Å². The van der Waals surface area contributed by atoms with Crippen molar-refractivity contribution in [3.63, 3.8) is 0 Å². The molecule has 5 nitrogen and oxygen atoms in total. The highest BCUT2D eigenvalue weighted by molar-refractivity contribution is 6.36. The van der Waals surface area contributed by atoms with Crippen molar-refractivity contribution in [2.45, 2.75) is 26.4 Å². The molecule has 1 fully saturated rings. The number of anilines is 1. The molecule has 0 unspecified atom stereocenters. The van der Waals surface area contributed by atoms with Gasteiger partial charge in [-0.25, -0.2) is 0 Å². The summed E-state index contributed by atoms with van der Waals surface area (Å²) in [4.78, 5) is 17.8. The van der Waals surface area contributed by atoms with Crippen molar-refractivity contribution < 1.29 is 9.53 Å². The molecule has 0 aliphatic carbocycles. The minimum atomic E-state index is 0.0702. The number of rotatable bonds is 2. The molecule has 1 atom stereocenters. The molecule has 3 aromatic rings. The topological polar surface area (TPSA) is 37.7 Å². The van der Waals surface area contributed by atoms with Crippen LogP contribution in [-0.4, -0.2) is 47.7 Å². The molecule has 0 spiro atoms. The van der Waals surface area contributed by atoms with Gasteiger partial charge in [0.05, 0.1) is 17.1 Å². The average Bonchev–Trinajstić information content (AvgIpc) is 3.12. The van der Waals surface area contributed by atoms with Gasteiger partial charge in [-0.05, 0) is 49.7 Å². The largest absolute Gasteiger partial charge is 0.490 e. The second-order valence-electron chi connectivity index (χ2n) is 7.97. The van der Waals surface area contributed by atoms with Crippen LogP contribution in [0, 0.1) is 6.92 Å². The summed E-state index contributed by atoms with van der Waals surface area (Å²) in [5.74, 6) is 0.869. The van der Waals surface area contributed by atoms with Crippen LogP contribution in [0.3, 0.4) is 0 Å². The van der Waals surface area contributed by atoms with Crippen LogP contribution < -0.4 is 9.64 Å². The number of aromatic nitrogens is 1. The summed E-state index contributed by atoms with van der Waals surface area (Å²) in [6.45, 7) is 7.75. The summed E-state index contributed by atoms with van der Waals surface area (Å²) in [7, 11) is 0. The Morgan fingerprint density at radius 3 is 2.79 bits per heavy atom. The van der Waals surface area contributed by atoms with Crippen molar-refractivity contribution in [2.75, 3.05) is 31.1 Å². The van der Waals surface area contributed by atoms with Crippen LogP contribution in [0.15, 0.2) is 42.5 Å². The molecule has 2 aromatic carbocycles. The summed E-state index contributed by atoms with van der Waals surface area (Å²) in [6.07, 6.45) is 0. The molecule has 2 aliphatic heterocycles. The van der Waals surface area contributed by atoms with Gasteiger partial charge in [-0.2, -0.15) is 0 Å². The fraction of sp³-hybridized carbons (Fsp3) is 0.348. The van der Waals surface area contributed by atoms with E-state index in [1.165, 1.54) is 11.3 Å². The van der Waals surface area contributed by atoms with Crippen molar-refractivity contribution in [2.24, 2.45) is 0 Å². The van der Waals surface area contributed by atoms with Gasteiger partial charge in [0.2, 0.25) is 0 Å². The summed E-state index contributed by atoms with van der Waals surface area (Å²) in [5, 5.41) is 1.54. The van der Waals surface area contributed by atoms with Crippen LogP contribution >= 0.6 is 11.6 Å². The number of carbonyl (C=O) groups excluding carboxylic acids is 1. The zero-order chi connectivity index (χ0) is 20.1. The van der Waals surface area contributed by atoms with Crippen molar-refractivity contribution in [3.05, 3.63) is 58.7 Å². The molecule has 0 saturated carbocycles. The predicted octanol–water partition coefficient (Wildman–Crippen LogP) is 4.35. The molecule has 0 radical (unpaired) electrons. The van der Waals surface area contributed by atoms with Gasteiger partial charge in [0.15, 0.2) is 0 Å². The summed E-state index contributed by atoms with van der Waals surface area (Å²) < 4.78 is 7.84. The van der Waals surface area contributed by atoms with Gasteiger partial charge in [-0.3, -0.25) is 4.79 Å². The van der Waals surface area contributed by atoms with Gasteiger partial charge in [0, 0.05) is 36.7 Å². The third-order valence-electron chi connectivity index (χ3n) is 6.01. The lowest BCUT2D eigenvalue weighted by molar-refractivity contribution is 0.0714. The lowest BCUT2D eigenvalue weighted by Crippen LogP contribution is -2.54. The van der Waals surface area contributed by atoms with Gasteiger partial charge in [0.1, 0.15) is 18.1 Å². The molecule has 3 heterocycles. The number of hydrogen-bond acceptors (Lipinski definition) is 3. The lowest BCUT2D eigenvalue weighted by Gasteiger charge is -2.41. The standard InChI is InChI=1S/C23H24ClN3O2/c1-15-4-3-5-17(12-15)26-9-8-25(14-16(26)2)23(28)20-13-18-19(24)6-7-21-22(18)27(20)10-11-29-21/h3-7,12-13,16H,8-11,14H2,1-2H3/t16-/m1/s1. The number of amides is 1. The van der Waals surface area contributed by atoms with E-state index in [9.17, 15) is 4.79 Å². The first kappa shape index (κ1) is 18.4. The molecule has 5 rings (SSSR count). The van der Waals surface area contributed by atoms with Crippen molar-refractivity contribution >= 4 is 34.1 Å². The first-order valence-corrected chi connectivity index (χ1v) is 10.5. The highest BCUT2D eigenvalue weighted by Gasteiger charge is 2.31. The first-order valence-electron chi connectivity index (χ1n) is 10.1. The summed E-state index contributed by atoms with van der Waals surface area (Å²) >= 11 is 6.41. The van der Waals surface area contributed by atoms with E-state index in [0.29, 0.717) is 37.0 Å². The zero-order valence-corrected chi connectivity index (χ0v) is 17.4. The number of ether oxygens (including phenoxy) is 1. The third-order valence-corrected chi connectivity index (χ3v) is 6.34. The Hall–Kier alpha value is -2.66. The molecule has 1 amide bonds. The van der Waals surface area contributed by atoms with Crippen LogP contribution in [0.5, 0.6) is 5.75 Å². The minimum absolute atomic E-state index is 0.0702. The molecule has 29 heavy (non-hydrogen) atoms. The van der Waals surface area contributed by atoms with Gasteiger partial charge in [-0.1, -0.05) is 23.7 Å². The van der Waals surface area contributed by atoms with Gasteiger partial charge < -0.3 is 19.1 Å². The van der Waals surface area contributed by atoms with Gasteiger partial charge in [0.25, 0.3) is 5.91 Å². The number of halogens is 1. The molecule has 1 aromatic heterocycles. The van der Waals surface area contributed by atoms with E-state index in [-0.39, 0.29) is 11.9 Å². The normalized spacial score (nSPS) is 18.8. The summed E-state index contributed by atoms with van der Waals surface area (Å²) in [5.41, 5.74) is 4.11. The number of hydrogen-bond donors (Lipinski definition) is 0. The second-order valence-corrected chi connectivity index (χ2v) is 8.38. The molecule has 6 heteroatoms. The third kappa shape index (κ3) is 3.04. The maximum absolute atomic E-state index is 13.4. The Labute approximate surface area is 175 Å². The average molecular weight is 410 g/mol. The Morgan fingerprint density at radius 1 is 1.14 bits per heavy atom. The maximum Gasteiger partial charge on any atom is 0.270 e. The van der Waals surface area contributed by atoms with Crippen LogP contribution in [0.1, 0.15) is 23.0 Å². The van der Waals surface area contributed by atoms with Gasteiger partial charge in [-0.15, -0.1) is 0 Å². The van der Waals surface area contributed by atoms with Crippen LogP contribution in [0.4, 0.5) is 5.69 Å². The van der Waals surface area contributed by atoms with Crippen molar-refractivity contribution in [3.8, 4) is 5.75 Å². The molecule has 0 bridgehead atoms. The number of carbonyl (C=O) groups is 1. The number of aryl methyl sites for hydroxylation is 1.